The third kappa shape index (κ3) is 6.02. The molecule has 1 unspecified atom stereocenters. The second-order valence-electron chi connectivity index (χ2n) is 4.76. The summed E-state index contributed by atoms with van der Waals surface area (Å²) in [6.07, 6.45) is -0.632. The normalized spacial score (nSPS) is 17.1. The summed E-state index contributed by atoms with van der Waals surface area (Å²) in [5, 5.41) is 20.8. The molecule has 0 bridgehead atoms. The Kier molecular flexibility index (Phi) is 5.53. The highest BCUT2D eigenvalue weighted by Crippen LogP contribution is 2.24. The van der Waals surface area contributed by atoms with E-state index in [0.29, 0.717) is 12.5 Å². The summed E-state index contributed by atoms with van der Waals surface area (Å²) in [7, 11) is 0. The minimum atomic E-state index is -0.632. The number of rotatable bonds is 5. The van der Waals surface area contributed by atoms with Crippen LogP contribution in [0, 0.1) is 11.3 Å². The molecule has 0 saturated carbocycles. The molecule has 0 aromatic rings. The molecule has 0 rings (SSSR count). The van der Waals surface area contributed by atoms with E-state index in [-0.39, 0.29) is 12.0 Å². The highest BCUT2D eigenvalue weighted by Gasteiger charge is 2.19. The fraction of sp³-hybridized carbons (Fsp3) is 1.00. The van der Waals surface area contributed by atoms with Crippen molar-refractivity contribution in [3.8, 4) is 0 Å². The molecule has 0 fully saturated rings. The second kappa shape index (κ2) is 5.58. The van der Waals surface area contributed by atoms with Gasteiger partial charge >= 0.3 is 0 Å². The molecule has 0 aliphatic heterocycles. The molecule has 0 aliphatic rings. The lowest BCUT2D eigenvalue weighted by atomic mass is 9.82. The Morgan fingerprint density at radius 1 is 1.23 bits per heavy atom. The molecule has 0 aliphatic carbocycles. The van der Waals surface area contributed by atoms with Gasteiger partial charge in [0.25, 0.3) is 0 Å². The molecule has 0 aromatic heterocycles. The maximum Gasteiger partial charge on any atom is 0.0894 e. The zero-order valence-corrected chi connectivity index (χ0v) is 9.17. The van der Waals surface area contributed by atoms with Gasteiger partial charge in [-0.05, 0) is 17.9 Å². The Balaban J connectivity index is 3.54. The van der Waals surface area contributed by atoms with Crippen LogP contribution in [0.1, 0.15) is 27.7 Å². The molecular formula is C10H23NO2. The molecule has 0 aromatic carbocycles. The lowest BCUT2D eigenvalue weighted by Gasteiger charge is -2.27. The third-order valence-corrected chi connectivity index (χ3v) is 2.52. The summed E-state index contributed by atoms with van der Waals surface area (Å²) < 4.78 is 0. The van der Waals surface area contributed by atoms with Gasteiger partial charge < -0.3 is 15.5 Å². The van der Waals surface area contributed by atoms with E-state index in [0.717, 1.165) is 6.54 Å². The lowest BCUT2D eigenvalue weighted by molar-refractivity contribution is 0.0919. The largest absolute Gasteiger partial charge is 0.394 e. The van der Waals surface area contributed by atoms with Crippen molar-refractivity contribution in [2.75, 3.05) is 19.7 Å². The van der Waals surface area contributed by atoms with Crippen LogP contribution in [0.25, 0.3) is 0 Å². The topological polar surface area (TPSA) is 52.5 Å². The maximum atomic E-state index is 9.06. The van der Waals surface area contributed by atoms with E-state index in [1.807, 2.05) is 0 Å². The number of aliphatic hydroxyl groups excluding tert-OH is 2. The molecule has 3 N–H and O–H groups in total. The second-order valence-corrected chi connectivity index (χ2v) is 4.76. The van der Waals surface area contributed by atoms with Crippen LogP contribution in [0.5, 0.6) is 0 Å². The minimum Gasteiger partial charge on any atom is -0.394 e. The van der Waals surface area contributed by atoms with Gasteiger partial charge in [0.15, 0.2) is 0 Å². The zero-order chi connectivity index (χ0) is 10.5. The van der Waals surface area contributed by atoms with Gasteiger partial charge in [-0.15, -0.1) is 0 Å². The predicted molar refractivity (Wildman–Crippen MR) is 54.6 cm³/mol. The monoisotopic (exact) mass is 189 g/mol. The van der Waals surface area contributed by atoms with Crippen LogP contribution < -0.4 is 5.32 Å². The van der Waals surface area contributed by atoms with Gasteiger partial charge in [0.05, 0.1) is 12.7 Å². The summed E-state index contributed by atoms with van der Waals surface area (Å²) in [6, 6.07) is 0. The first-order chi connectivity index (χ1) is 5.88. The molecule has 0 heterocycles. The Morgan fingerprint density at radius 2 is 1.77 bits per heavy atom. The van der Waals surface area contributed by atoms with Crippen molar-refractivity contribution < 1.29 is 10.2 Å². The van der Waals surface area contributed by atoms with Crippen molar-refractivity contribution in [1.82, 2.24) is 5.32 Å². The minimum absolute atomic E-state index is 0.170. The average Bonchev–Trinajstić information content (AvgIpc) is 2.02. The number of hydrogen-bond acceptors (Lipinski definition) is 3. The molecule has 2 atom stereocenters. The molecule has 3 heteroatoms. The van der Waals surface area contributed by atoms with Gasteiger partial charge in [-0.2, -0.15) is 0 Å². The van der Waals surface area contributed by atoms with E-state index in [9.17, 15) is 0 Å². The molecule has 0 radical (unpaired) electrons. The standard InChI is InChI=1S/C10H23NO2/c1-8(10(2,3)4)5-11-6-9(13)7-12/h8-9,11-13H,5-7H2,1-4H3/t8?,9-/m0/s1. The first-order valence-electron chi connectivity index (χ1n) is 4.87. The van der Waals surface area contributed by atoms with Gasteiger partial charge in [-0.25, -0.2) is 0 Å². The van der Waals surface area contributed by atoms with E-state index in [4.69, 9.17) is 10.2 Å². The van der Waals surface area contributed by atoms with E-state index in [1.54, 1.807) is 0 Å². The van der Waals surface area contributed by atoms with Gasteiger partial charge in [0.2, 0.25) is 0 Å². The Bertz CT molecular complexity index is 131. The van der Waals surface area contributed by atoms with Crippen molar-refractivity contribution in [3.05, 3.63) is 0 Å². The smallest absolute Gasteiger partial charge is 0.0894 e. The van der Waals surface area contributed by atoms with Gasteiger partial charge in [0.1, 0.15) is 0 Å². The van der Waals surface area contributed by atoms with E-state index >= 15 is 0 Å². The van der Waals surface area contributed by atoms with Gasteiger partial charge in [-0.3, -0.25) is 0 Å². The Morgan fingerprint density at radius 3 is 2.15 bits per heavy atom. The van der Waals surface area contributed by atoms with Crippen molar-refractivity contribution >= 4 is 0 Å². The van der Waals surface area contributed by atoms with Crippen LogP contribution >= 0.6 is 0 Å². The van der Waals surface area contributed by atoms with Crippen LogP contribution in [0.4, 0.5) is 0 Å². The fourth-order valence-electron chi connectivity index (χ4n) is 0.837. The molecule has 0 saturated heterocycles. The summed E-state index contributed by atoms with van der Waals surface area (Å²) in [5.74, 6) is 0.554. The zero-order valence-electron chi connectivity index (χ0n) is 9.17. The number of aliphatic hydroxyl groups is 2. The van der Waals surface area contributed by atoms with Crippen molar-refractivity contribution in [3.63, 3.8) is 0 Å². The summed E-state index contributed by atoms with van der Waals surface area (Å²) >= 11 is 0. The third-order valence-electron chi connectivity index (χ3n) is 2.52. The van der Waals surface area contributed by atoms with Crippen LogP contribution in [-0.2, 0) is 0 Å². The SMILES string of the molecule is CC(CNC[C@H](O)CO)C(C)(C)C. The van der Waals surface area contributed by atoms with Crippen LogP contribution in [0.2, 0.25) is 0 Å². The first kappa shape index (κ1) is 12.9. The van der Waals surface area contributed by atoms with Gasteiger partial charge in [-0.1, -0.05) is 27.7 Å². The first-order valence-corrected chi connectivity index (χ1v) is 4.87. The van der Waals surface area contributed by atoms with Crippen molar-refractivity contribution in [2.45, 2.75) is 33.8 Å². The van der Waals surface area contributed by atoms with Gasteiger partial charge in [0, 0.05) is 6.54 Å². The predicted octanol–water partition coefficient (Wildman–Crippen LogP) is 0.611. The summed E-state index contributed by atoms with van der Waals surface area (Å²) in [4.78, 5) is 0. The van der Waals surface area contributed by atoms with Crippen molar-refractivity contribution in [1.29, 1.82) is 0 Å². The summed E-state index contributed by atoms with van der Waals surface area (Å²) in [5.41, 5.74) is 0.289. The summed E-state index contributed by atoms with van der Waals surface area (Å²) in [6.45, 7) is 9.94. The molecule has 80 valence electrons. The van der Waals surface area contributed by atoms with Crippen LogP contribution in [-0.4, -0.2) is 36.0 Å². The molecule has 3 nitrogen and oxygen atoms in total. The highest BCUT2D eigenvalue weighted by molar-refractivity contribution is 4.72. The lowest BCUT2D eigenvalue weighted by Crippen LogP contribution is -2.35. The van der Waals surface area contributed by atoms with Crippen LogP contribution in [0.3, 0.4) is 0 Å². The highest BCUT2D eigenvalue weighted by atomic mass is 16.3. The van der Waals surface area contributed by atoms with Crippen LogP contribution in [0.15, 0.2) is 0 Å². The van der Waals surface area contributed by atoms with E-state index < -0.39 is 6.10 Å². The van der Waals surface area contributed by atoms with E-state index in [1.165, 1.54) is 0 Å². The molecular weight excluding hydrogens is 166 g/mol. The molecule has 0 spiro atoms. The number of nitrogens with one attached hydrogen (secondary N) is 1. The Hall–Kier alpha value is -0.120. The Labute approximate surface area is 81.2 Å². The van der Waals surface area contributed by atoms with Crippen molar-refractivity contribution in [2.24, 2.45) is 11.3 Å². The quantitative estimate of drug-likeness (QED) is 0.594. The van der Waals surface area contributed by atoms with E-state index in [2.05, 4.69) is 33.0 Å². The molecule has 0 amide bonds. The molecule has 13 heavy (non-hydrogen) atoms. The number of hydrogen-bond donors (Lipinski definition) is 3. The fourth-order valence-corrected chi connectivity index (χ4v) is 0.837. The average molecular weight is 189 g/mol. The maximum absolute atomic E-state index is 9.06.